The molecular formula is C28H26N4. The molecule has 0 aliphatic heterocycles. The average Bonchev–Trinajstić information content (AvgIpc) is 2.82. The molecule has 0 aliphatic rings. The van der Waals surface area contributed by atoms with E-state index in [-0.39, 0.29) is 0 Å². The fourth-order valence-corrected chi connectivity index (χ4v) is 3.49. The first-order chi connectivity index (χ1) is 15.6. The van der Waals surface area contributed by atoms with Gasteiger partial charge in [-0.1, -0.05) is 60.7 Å². The molecule has 0 bridgehead atoms. The highest BCUT2D eigenvalue weighted by Gasteiger charge is 2.05. The second-order valence-corrected chi connectivity index (χ2v) is 7.67. The van der Waals surface area contributed by atoms with Crippen molar-refractivity contribution in [2.45, 2.75) is 20.4 Å². The summed E-state index contributed by atoms with van der Waals surface area (Å²) >= 11 is 0. The van der Waals surface area contributed by atoms with Crippen LogP contribution >= 0.6 is 0 Å². The summed E-state index contributed by atoms with van der Waals surface area (Å²) in [5.74, 6) is 1.49. The molecule has 0 unspecified atom stereocenters. The lowest BCUT2D eigenvalue weighted by Crippen LogP contribution is -2.02. The Morgan fingerprint density at radius 3 is 2.62 bits per heavy atom. The van der Waals surface area contributed by atoms with Crippen molar-refractivity contribution < 1.29 is 0 Å². The molecule has 2 heterocycles. The molecule has 0 spiro atoms. The Morgan fingerprint density at radius 1 is 1.00 bits per heavy atom. The predicted octanol–water partition coefficient (Wildman–Crippen LogP) is 6.84. The molecule has 0 amide bonds. The van der Waals surface area contributed by atoms with E-state index < -0.39 is 0 Å². The highest BCUT2D eigenvalue weighted by molar-refractivity contribution is 5.83. The van der Waals surface area contributed by atoms with E-state index in [1.807, 2.05) is 50.3 Å². The van der Waals surface area contributed by atoms with E-state index in [2.05, 4.69) is 64.3 Å². The van der Waals surface area contributed by atoms with E-state index in [1.54, 1.807) is 12.4 Å². The molecule has 0 atom stereocenters. The van der Waals surface area contributed by atoms with Crippen LogP contribution in [0.15, 0.2) is 103 Å². The van der Waals surface area contributed by atoms with Gasteiger partial charge in [-0.25, -0.2) is 9.97 Å². The summed E-state index contributed by atoms with van der Waals surface area (Å²) in [6.45, 7) is 8.70. The second-order valence-electron chi connectivity index (χ2n) is 7.67. The third kappa shape index (κ3) is 5.16. The maximum Gasteiger partial charge on any atom is 0.161 e. The third-order valence-electron chi connectivity index (χ3n) is 5.03. The Balaban J connectivity index is 1.48. The minimum atomic E-state index is 0.682. The average molecular weight is 419 g/mol. The monoisotopic (exact) mass is 418 g/mol. The lowest BCUT2D eigenvalue weighted by Gasteiger charge is -2.09. The van der Waals surface area contributed by atoms with Gasteiger partial charge in [0, 0.05) is 29.9 Å². The van der Waals surface area contributed by atoms with Crippen molar-refractivity contribution in [2.24, 2.45) is 0 Å². The van der Waals surface area contributed by atoms with Crippen LogP contribution in [0.4, 0.5) is 5.82 Å². The summed E-state index contributed by atoms with van der Waals surface area (Å²) in [7, 11) is 0. The summed E-state index contributed by atoms with van der Waals surface area (Å²) in [5.41, 5.74) is 6.48. The van der Waals surface area contributed by atoms with Crippen LogP contribution in [0, 0.1) is 0 Å². The Kier molecular flexibility index (Phi) is 6.52. The molecule has 0 aliphatic carbocycles. The van der Waals surface area contributed by atoms with Crippen molar-refractivity contribution in [2.75, 3.05) is 5.32 Å². The molecule has 0 saturated carbocycles. The molecule has 4 aromatic rings. The van der Waals surface area contributed by atoms with E-state index in [4.69, 9.17) is 4.98 Å². The number of nitrogens with zero attached hydrogens (tertiary/aromatic N) is 3. The quantitative estimate of drug-likeness (QED) is 0.334. The molecule has 4 heteroatoms. The Hall–Kier alpha value is -4.05. The maximum atomic E-state index is 4.70. The molecule has 32 heavy (non-hydrogen) atoms. The summed E-state index contributed by atoms with van der Waals surface area (Å²) in [4.78, 5) is 13.5. The van der Waals surface area contributed by atoms with Gasteiger partial charge in [0.1, 0.15) is 5.82 Å². The van der Waals surface area contributed by atoms with Crippen LogP contribution in [0.25, 0.3) is 27.9 Å². The smallest absolute Gasteiger partial charge is 0.161 e. The summed E-state index contributed by atoms with van der Waals surface area (Å²) in [5, 5.41) is 4.48. The number of hydrogen-bond donors (Lipinski definition) is 1. The van der Waals surface area contributed by atoms with Gasteiger partial charge in [0.15, 0.2) is 5.82 Å². The normalized spacial score (nSPS) is 11.8. The first-order valence-corrected chi connectivity index (χ1v) is 10.6. The zero-order valence-electron chi connectivity index (χ0n) is 18.4. The molecule has 0 radical (unpaired) electrons. The summed E-state index contributed by atoms with van der Waals surface area (Å²) < 4.78 is 0. The number of anilines is 1. The summed E-state index contributed by atoms with van der Waals surface area (Å²) in [6, 6.07) is 20.5. The molecule has 2 aromatic heterocycles. The lowest BCUT2D eigenvalue weighted by atomic mass is 10.0. The fraction of sp³-hybridized carbons (Fsp3) is 0.107. The molecule has 158 valence electrons. The van der Waals surface area contributed by atoms with Crippen molar-refractivity contribution in [1.29, 1.82) is 0 Å². The number of allylic oxidation sites excluding steroid dienone is 5. The van der Waals surface area contributed by atoms with Crippen molar-refractivity contribution in [3.05, 3.63) is 115 Å². The summed E-state index contributed by atoms with van der Waals surface area (Å²) in [6.07, 6.45) is 9.83. The van der Waals surface area contributed by atoms with Gasteiger partial charge in [0.05, 0.1) is 5.52 Å². The zero-order valence-corrected chi connectivity index (χ0v) is 18.4. The predicted molar refractivity (Wildman–Crippen MR) is 134 cm³/mol. The van der Waals surface area contributed by atoms with Crippen molar-refractivity contribution in [3.8, 4) is 11.4 Å². The minimum absolute atomic E-state index is 0.682. The molecule has 4 nitrogen and oxygen atoms in total. The number of pyridine rings is 1. The van der Waals surface area contributed by atoms with E-state index in [1.165, 1.54) is 11.1 Å². The Bertz CT molecular complexity index is 1300. The van der Waals surface area contributed by atoms with Gasteiger partial charge in [-0.15, -0.1) is 0 Å². The maximum absolute atomic E-state index is 4.70. The van der Waals surface area contributed by atoms with E-state index in [0.717, 1.165) is 33.4 Å². The molecule has 4 rings (SSSR count). The standard InChI is InChI=1S/C28H26N4/c1-4-6-23(17-20(2)3)22-10-8-21(9-11-22)19-31-27-14-16-30-28(32-27)25-12-13-26-24(18-25)7-5-15-29-26/h4-18H,2,19H2,1,3H3,(H,30,31,32)/b6-4-,23-17+. The van der Waals surface area contributed by atoms with E-state index in [9.17, 15) is 0 Å². The van der Waals surface area contributed by atoms with Crippen LogP contribution in [0.1, 0.15) is 25.0 Å². The third-order valence-corrected chi connectivity index (χ3v) is 5.03. The lowest BCUT2D eigenvalue weighted by molar-refractivity contribution is 1.09. The number of fused-ring (bicyclic) bond motifs is 1. The highest BCUT2D eigenvalue weighted by Crippen LogP contribution is 2.22. The van der Waals surface area contributed by atoms with Gasteiger partial charge in [-0.2, -0.15) is 0 Å². The largest absolute Gasteiger partial charge is 0.366 e. The van der Waals surface area contributed by atoms with Gasteiger partial charge in [-0.05, 0) is 60.9 Å². The molecule has 0 saturated heterocycles. The van der Waals surface area contributed by atoms with Crippen LogP contribution in [-0.2, 0) is 6.54 Å². The minimum Gasteiger partial charge on any atom is -0.366 e. The van der Waals surface area contributed by atoms with Crippen molar-refractivity contribution in [1.82, 2.24) is 15.0 Å². The number of benzene rings is 2. The first-order valence-electron chi connectivity index (χ1n) is 10.6. The fourth-order valence-electron chi connectivity index (χ4n) is 3.49. The van der Waals surface area contributed by atoms with Crippen LogP contribution in [0.5, 0.6) is 0 Å². The van der Waals surface area contributed by atoms with Crippen LogP contribution in [0.2, 0.25) is 0 Å². The van der Waals surface area contributed by atoms with Gasteiger partial charge >= 0.3 is 0 Å². The molecular weight excluding hydrogens is 392 g/mol. The molecule has 1 N–H and O–H groups in total. The topological polar surface area (TPSA) is 50.7 Å². The Morgan fingerprint density at radius 2 is 1.84 bits per heavy atom. The van der Waals surface area contributed by atoms with Crippen LogP contribution < -0.4 is 5.32 Å². The van der Waals surface area contributed by atoms with Crippen LogP contribution in [0.3, 0.4) is 0 Å². The van der Waals surface area contributed by atoms with Gasteiger partial charge in [0.25, 0.3) is 0 Å². The number of nitrogens with one attached hydrogen (secondary N) is 1. The molecule has 2 aromatic carbocycles. The molecule has 0 fully saturated rings. The van der Waals surface area contributed by atoms with E-state index >= 15 is 0 Å². The first kappa shape index (κ1) is 21.2. The van der Waals surface area contributed by atoms with Gasteiger partial charge in [-0.3, -0.25) is 4.98 Å². The second kappa shape index (κ2) is 9.84. The van der Waals surface area contributed by atoms with Gasteiger partial charge < -0.3 is 5.32 Å². The van der Waals surface area contributed by atoms with Crippen molar-refractivity contribution in [3.63, 3.8) is 0 Å². The SMILES string of the molecule is C=C(C)/C=C(\C=C/C)c1ccc(CNc2ccnc(-c3ccc4ncccc4c3)n2)cc1. The number of rotatable bonds is 7. The number of aromatic nitrogens is 3. The van der Waals surface area contributed by atoms with E-state index in [0.29, 0.717) is 12.4 Å². The number of hydrogen-bond acceptors (Lipinski definition) is 4. The Labute approximate surface area is 189 Å². The van der Waals surface area contributed by atoms with Gasteiger partial charge in [0.2, 0.25) is 0 Å². The van der Waals surface area contributed by atoms with Crippen LogP contribution in [-0.4, -0.2) is 15.0 Å². The zero-order chi connectivity index (χ0) is 22.3. The van der Waals surface area contributed by atoms with Crippen molar-refractivity contribution >= 4 is 22.3 Å². The highest BCUT2D eigenvalue weighted by atomic mass is 15.0.